The van der Waals surface area contributed by atoms with Gasteiger partial charge in [0.25, 0.3) is 5.91 Å². The van der Waals surface area contributed by atoms with Crippen molar-refractivity contribution in [2.45, 2.75) is 6.61 Å². The molecule has 1 amide bonds. The van der Waals surface area contributed by atoms with Gasteiger partial charge in [-0.05, 0) is 17.7 Å². The fraction of sp³-hybridized carbons (Fsp3) is 0.0714. The van der Waals surface area contributed by atoms with E-state index in [0.717, 1.165) is 5.56 Å². The van der Waals surface area contributed by atoms with E-state index in [-0.39, 0.29) is 0 Å². The van der Waals surface area contributed by atoms with Gasteiger partial charge in [-0.2, -0.15) is 0 Å². The van der Waals surface area contributed by atoms with Gasteiger partial charge in [0.2, 0.25) is 0 Å². The minimum absolute atomic E-state index is 0.290. The number of hydrogen-bond donors (Lipinski definition) is 1. The maximum Gasteiger partial charge on any atom is 0.252 e. The van der Waals surface area contributed by atoms with Crippen molar-refractivity contribution in [1.82, 2.24) is 0 Å². The van der Waals surface area contributed by atoms with E-state index in [2.05, 4.69) is 0 Å². The van der Waals surface area contributed by atoms with Crippen molar-refractivity contribution < 1.29 is 9.53 Å². The number of nitrogens with two attached hydrogens (primary N) is 1. The Morgan fingerprint density at radius 2 is 1.83 bits per heavy atom. The highest BCUT2D eigenvalue weighted by Crippen LogP contribution is 2.29. The van der Waals surface area contributed by atoms with Crippen LogP contribution in [-0.4, -0.2) is 5.91 Å². The van der Waals surface area contributed by atoms with Crippen LogP contribution in [0.25, 0.3) is 0 Å². The van der Waals surface area contributed by atoms with E-state index < -0.39 is 5.91 Å². The van der Waals surface area contributed by atoms with Gasteiger partial charge in [-0.3, -0.25) is 4.79 Å². The predicted octanol–water partition coefficient (Wildman–Crippen LogP) is 3.02. The Morgan fingerprint density at radius 1 is 1.11 bits per heavy atom. The highest BCUT2D eigenvalue weighted by molar-refractivity contribution is 6.32. The summed E-state index contributed by atoms with van der Waals surface area (Å²) < 4.78 is 5.58. The lowest BCUT2D eigenvalue weighted by atomic mass is 10.2. The molecule has 0 unspecified atom stereocenters. The maximum absolute atomic E-state index is 11.3. The summed E-state index contributed by atoms with van der Waals surface area (Å²) in [5, 5.41) is 0.377. The summed E-state index contributed by atoms with van der Waals surface area (Å²) in [6.07, 6.45) is 0. The average Bonchev–Trinajstić information content (AvgIpc) is 2.38. The highest BCUT2D eigenvalue weighted by atomic mass is 35.5. The van der Waals surface area contributed by atoms with Gasteiger partial charge in [-0.25, -0.2) is 0 Å². The van der Waals surface area contributed by atoms with Crippen molar-refractivity contribution in [3.05, 3.63) is 64.7 Å². The quantitative estimate of drug-likeness (QED) is 0.920. The second kappa shape index (κ2) is 5.56. The molecule has 0 aliphatic rings. The van der Waals surface area contributed by atoms with Gasteiger partial charge in [0.15, 0.2) is 5.75 Å². The van der Waals surface area contributed by atoms with Gasteiger partial charge in [-0.1, -0.05) is 48.0 Å². The summed E-state index contributed by atoms with van der Waals surface area (Å²) in [6, 6.07) is 14.5. The molecule has 92 valence electrons. The Kier molecular flexibility index (Phi) is 3.85. The molecule has 0 saturated heterocycles. The van der Waals surface area contributed by atoms with Gasteiger partial charge < -0.3 is 10.5 Å². The summed E-state index contributed by atoms with van der Waals surface area (Å²) >= 11 is 6.01. The zero-order valence-electron chi connectivity index (χ0n) is 9.60. The van der Waals surface area contributed by atoms with E-state index in [4.69, 9.17) is 22.1 Å². The highest BCUT2D eigenvalue weighted by Gasteiger charge is 2.12. The second-order valence-electron chi connectivity index (χ2n) is 3.76. The van der Waals surface area contributed by atoms with Gasteiger partial charge in [0.1, 0.15) is 6.61 Å². The van der Waals surface area contributed by atoms with Gasteiger partial charge in [0.05, 0.1) is 10.6 Å². The largest absolute Gasteiger partial charge is 0.487 e. The lowest BCUT2D eigenvalue weighted by molar-refractivity contribution is 0.0996. The van der Waals surface area contributed by atoms with Crippen molar-refractivity contribution in [1.29, 1.82) is 0 Å². The molecule has 0 aromatic heterocycles. The summed E-state index contributed by atoms with van der Waals surface area (Å²) in [5.74, 6) is -0.226. The normalized spacial score (nSPS) is 10.1. The minimum atomic E-state index is -0.555. The number of carbonyl (C=O) groups excluding carboxylic acids is 1. The molecule has 18 heavy (non-hydrogen) atoms. The molecule has 0 aliphatic carbocycles. The zero-order chi connectivity index (χ0) is 13.0. The smallest absolute Gasteiger partial charge is 0.252 e. The second-order valence-corrected chi connectivity index (χ2v) is 4.16. The van der Waals surface area contributed by atoms with Crippen LogP contribution in [0.4, 0.5) is 0 Å². The fourth-order valence-corrected chi connectivity index (χ4v) is 1.81. The van der Waals surface area contributed by atoms with E-state index >= 15 is 0 Å². The van der Waals surface area contributed by atoms with E-state index in [9.17, 15) is 4.79 Å². The minimum Gasteiger partial charge on any atom is -0.487 e. The van der Waals surface area contributed by atoms with E-state index in [0.29, 0.717) is 22.9 Å². The summed E-state index contributed by atoms with van der Waals surface area (Å²) in [6.45, 7) is 0.338. The third-order valence-corrected chi connectivity index (χ3v) is 2.76. The van der Waals surface area contributed by atoms with Crippen molar-refractivity contribution in [3.63, 3.8) is 0 Å². The van der Waals surface area contributed by atoms with Crippen LogP contribution in [0.15, 0.2) is 48.5 Å². The number of amides is 1. The first-order valence-electron chi connectivity index (χ1n) is 5.43. The molecule has 4 heteroatoms. The Bertz CT molecular complexity index is 555. The maximum atomic E-state index is 11.3. The van der Waals surface area contributed by atoms with E-state index in [1.54, 1.807) is 18.2 Å². The molecule has 0 saturated carbocycles. The molecular formula is C14H12ClNO2. The van der Waals surface area contributed by atoms with Crippen LogP contribution >= 0.6 is 11.6 Å². The van der Waals surface area contributed by atoms with Crippen molar-refractivity contribution in [2.75, 3.05) is 0 Å². The van der Waals surface area contributed by atoms with Gasteiger partial charge in [-0.15, -0.1) is 0 Å². The Labute approximate surface area is 110 Å². The predicted molar refractivity (Wildman–Crippen MR) is 70.7 cm³/mol. The summed E-state index contributed by atoms with van der Waals surface area (Å²) in [7, 11) is 0. The topological polar surface area (TPSA) is 52.3 Å². The third-order valence-electron chi connectivity index (χ3n) is 2.46. The molecular weight excluding hydrogens is 250 g/mol. The molecule has 3 nitrogen and oxygen atoms in total. The molecule has 2 rings (SSSR count). The average molecular weight is 262 g/mol. The molecule has 2 aromatic carbocycles. The first-order chi connectivity index (χ1) is 8.68. The van der Waals surface area contributed by atoms with E-state index in [1.165, 1.54) is 0 Å². The van der Waals surface area contributed by atoms with Crippen molar-refractivity contribution in [3.8, 4) is 5.75 Å². The standard InChI is InChI=1S/C14H12ClNO2/c15-12-8-4-7-11(14(16)17)13(12)18-9-10-5-2-1-3-6-10/h1-8H,9H2,(H2,16,17). The fourth-order valence-electron chi connectivity index (χ4n) is 1.58. The lowest BCUT2D eigenvalue weighted by Crippen LogP contribution is -2.13. The molecule has 0 fully saturated rings. The number of carbonyl (C=O) groups is 1. The molecule has 2 N–H and O–H groups in total. The first-order valence-corrected chi connectivity index (χ1v) is 5.81. The van der Waals surface area contributed by atoms with Crippen LogP contribution in [0, 0.1) is 0 Å². The third kappa shape index (κ3) is 2.81. The van der Waals surface area contributed by atoms with Crippen LogP contribution in [-0.2, 0) is 6.61 Å². The summed E-state index contributed by atoms with van der Waals surface area (Å²) in [4.78, 5) is 11.3. The number of rotatable bonds is 4. The van der Waals surface area contributed by atoms with Gasteiger partial charge >= 0.3 is 0 Å². The van der Waals surface area contributed by atoms with Crippen LogP contribution in [0.2, 0.25) is 5.02 Å². The van der Waals surface area contributed by atoms with Crippen LogP contribution in [0.3, 0.4) is 0 Å². The number of ether oxygens (including phenoxy) is 1. The Hall–Kier alpha value is -2.00. The number of primary amides is 1. The summed E-state index contributed by atoms with van der Waals surface area (Å²) in [5.41, 5.74) is 6.56. The molecule has 0 spiro atoms. The number of benzene rings is 2. The molecule has 0 aliphatic heterocycles. The van der Waals surface area contributed by atoms with Crippen LogP contribution in [0.5, 0.6) is 5.75 Å². The monoisotopic (exact) mass is 261 g/mol. The molecule has 0 radical (unpaired) electrons. The molecule has 2 aromatic rings. The number of halogens is 1. The zero-order valence-corrected chi connectivity index (χ0v) is 10.4. The molecule has 0 heterocycles. The van der Waals surface area contributed by atoms with E-state index in [1.807, 2.05) is 30.3 Å². The van der Waals surface area contributed by atoms with Gasteiger partial charge in [0, 0.05) is 0 Å². The Morgan fingerprint density at radius 3 is 2.50 bits per heavy atom. The molecule has 0 bridgehead atoms. The number of para-hydroxylation sites is 1. The SMILES string of the molecule is NC(=O)c1cccc(Cl)c1OCc1ccccc1. The van der Waals surface area contributed by atoms with Crippen molar-refractivity contribution >= 4 is 17.5 Å². The van der Waals surface area contributed by atoms with Crippen molar-refractivity contribution in [2.24, 2.45) is 5.73 Å². The Balaban J connectivity index is 2.21. The lowest BCUT2D eigenvalue weighted by Gasteiger charge is -2.11. The number of hydrogen-bond acceptors (Lipinski definition) is 2. The molecule has 0 atom stereocenters. The van der Waals surface area contributed by atoms with Crippen LogP contribution < -0.4 is 10.5 Å². The van der Waals surface area contributed by atoms with Crippen LogP contribution in [0.1, 0.15) is 15.9 Å². The first kappa shape index (κ1) is 12.5.